The van der Waals surface area contributed by atoms with Crippen LogP contribution in [0.4, 0.5) is 0 Å². The average molecular weight is 465 g/mol. The van der Waals surface area contributed by atoms with Gasteiger partial charge in [0.05, 0.1) is 16.7 Å². The van der Waals surface area contributed by atoms with Gasteiger partial charge in [-0.3, -0.25) is 4.79 Å². The van der Waals surface area contributed by atoms with Crippen LogP contribution in [0.2, 0.25) is 0 Å². The first-order valence-corrected chi connectivity index (χ1v) is 13.5. The molecule has 3 aliphatic rings. The second kappa shape index (κ2) is 7.77. The summed E-state index contributed by atoms with van der Waals surface area (Å²) in [5, 5.41) is 3.11. The molecule has 3 fully saturated rings. The lowest BCUT2D eigenvalue weighted by Gasteiger charge is -2.45. The molecule has 1 aliphatic heterocycles. The second-order valence-electron chi connectivity index (χ2n) is 10.0. The van der Waals surface area contributed by atoms with E-state index in [1.165, 1.54) is 12.8 Å². The van der Waals surface area contributed by atoms with Gasteiger partial charge in [-0.15, -0.1) is 0 Å². The number of nitrogens with zero attached hydrogens (tertiary/aromatic N) is 1. The standard InChI is InChI=1S/C26H28N2O4S/c29-23-16-27-26(15-21(23)17-5-6-17)13-11-20(12-14-26)33(30,31)19-9-7-18(8-10-19)25-28-22-3-1-2-4-24(22)32-25/h1-4,7-10,17,20-21,27H,5-6,11-16H2. The topological polar surface area (TPSA) is 89.3 Å². The predicted molar refractivity (Wildman–Crippen MR) is 125 cm³/mol. The number of aromatic nitrogens is 1. The van der Waals surface area contributed by atoms with Gasteiger partial charge in [0.2, 0.25) is 5.89 Å². The zero-order valence-corrected chi connectivity index (χ0v) is 19.3. The normalized spacial score (nSPS) is 28.4. The molecule has 2 aromatic carbocycles. The molecule has 0 amide bonds. The van der Waals surface area contributed by atoms with Gasteiger partial charge in [0.1, 0.15) is 11.3 Å². The molecule has 1 saturated heterocycles. The van der Waals surface area contributed by atoms with Crippen molar-refractivity contribution in [2.75, 3.05) is 6.54 Å². The molecule has 1 aromatic heterocycles. The molecule has 1 spiro atoms. The summed E-state index contributed by atoms with van der Waals surface area (Å²) in [4.78, 5) is 17.2. The molecule has 172 valence electrons. The van der Waals surface area contributed by atoms with Crippen molar-refractivity contribution in [1.29, 1.82) is 0 Å². The van der Waals surface area contributed by atoms with Crippen LogP contribution in [0.25, 0.3) is 22.6 Å². The van der Waals surface area contributed by atoms with E-state index in [1.807, 2.05) is 24.3 Å². The largest absolute Gasteiger partial charge is 0.436 e. The highest BCUT2D eigenvalue weighted by Crippen LogP contribution is 2.46. The molecule has 2 saturated carbocycles. The number of oxazole rings is 1. The lowest BCUT2D eigenvalue weighted by atomic mass is 9.71. The van der Waals surface area contributed by atoms with Gasteiger partial charge in [0.15, 0.2) is 15.4 Å². The van der Waals surface area contributed by atoms with Gasteiger partial charge in [-0.1, -0.05) is 12.1 Å². The number of fused-ring (bicyclic) bond motifs is 1. The Morgan fingerprint density at radius 3 is 2.39 bits per heavy atom. The van der Waals surface area contributed by atoms with Crippen LogP contribution < -0.4 is 5.32 Å². The Kier molecular flexibility index (Phi) is 4.96. The summed E-state index contributed by atoms with van der Waals surface area (Å²) in [6.45, 7) is 0.440. The summed E-state index contributed by atoms with van der Waals surface area (Å²) in [6, 6.07) is 14.5. The second-order valence-corrected chi connectivity index (χ2v) is 12.2. The third-order valence-corrected chi connectivity index (χ3v) is 10.2. The highest BCUT2D eigenvalue weighted by Gasteiger charge is 2.48. The number of piperidine rings is 1. The van der Waals surface area contributed by atoms with E-state index in [2.05, 4.69) is 10.3 Å². The zero-order chi connectivity index (χ0) is 22.6. The van der Waals surface area contributed by atoms with Gasteiger partial charge in [-0.2, -0.15) is 0 Å². The number of para-hydroxylation sites is 2. The molecular formula is C26H28N2O4S. The number of nitrogens with one attached hydrogen (secondary N) is 1. The Labute approximate surface area is 193 Å². The van der Waals surface area contributed by atoms with Gasteiger partial charge < -0.3 is 9.73 Å². The van der Waals surface area contributed by atoms with Crippen LogP contribution in [0.15, 0.2) is 57.8 Å². The maximum Gasteiger partial charge on any atom is 0.227 e. The van der Waals surface area contributed by atoms with Crippen LogP contribution in [-0.2, 0) is 14.6 Å². The van der Waals surface area contributed by atoms with Crippen molar-refractivity contribution in [2.24, 2.45) is 11.8 Å². The van der Waals surface area contributed by atoms with Crippen LogP contribution in [0, 0.1) is 11.8 Å². The molecule has 2 aliphatic carbocycles. The fraction of sp³-hybridized carbons (Fsp3) is 0.462. The molecule has 1 N–H and O–H groups in total. The summed E-state index contributed by atoms with van der Waals surface area (Å²) >= 11 is 0. The van der Waals surface area contributed by atoms with Crippen LogP contribution in [0.1, 0.15) is 44.9 Å². The van der Waals surface area contributed by atoms with Gasteiger partial charge in [-0.05, 0) is 87.3 Å². The quantitative estimate of drug-likeness (QED) is 0.610. The average Bonchev–Trinajstić information content (AvgIpc) is 3.59. The first-order valence-electron chi connectivity index (χ1n) is 11.9. The number of rotatable bonds is 4. The number of Topliss-reactive ketones (excluding diaryl/α,β-unsaturated/α-hetero) is 1. The Morgan fingerprint density at radius 1 is 0.970 bits per heavy atom. The maximum atomic E-state index is 13.4. The molecule has 1 unspecified atom stereocenters. The van der Waals surface area contributed by atoms with Crippen LogP contribution >= 0.6 is 0 Å². The number of carbonyl (C=O) groups excluding carboxylic acids is 1. The van der Waals surface area contributed by atoms with E-state index in [0.717, 1.165) is 30.3 Å². The minimum absolute atomic E-state index is 0.0655. The monoisotopic (exact) mass is 464 g/mol. The Bertz CT molecular complexity index is 1270. The Morgan fingerprint density at radius 2 is 1.70 bits per heavy atom. The van der Waals surface area contributed by atoms with Gasteiger partial charge in [0.25, 0.3) is 0 Å². The third kappa shape index (κ3) is 3.81. The lowest BCUT2D eigenvalue weighted by molar-refractivity contribution is -0.126. The van der Waals surface area contributed by atoms with Crippen LogP contribution in [0.3, 0.4) is 0 Å². The minimum Gasteiger partial charge on any atom is -0.436 e. The lowest BCUT2D eigenvalue weighted by Crippen LogP contribution is -2.57. The van der Waals surface area contributed by atoms with E-state index in [0.29, 0.717) is 47.5 Å². The SMILES string of the molecule is O=C1CNC2(CCC(S(=O)(=O)c3ccc(-c4nc5ccccc5o4)cc3)CC2)CC1C1CC1. The Balaban J connectivity index is 1.16. The number of hydrogen-bond donors (Lipinski definition) is 1. The molecule has 0 bridgehead atoms. The van der Waals surface area contributed by atoms with Crippen molar-refractivity contribution in [2.45, 2.75) is 60.6 Å². The van der Waals surface area contributed by atoms with Crippen LogP contribution in [0.5, 0.6) is 0 Å². The van der Waals surface area contributed by atoms with Gasteiger partial charge in [-0.25, -0.2) is 13.4 Å². The molecule has 1 atom stereocenters. The van der Waals surface area contributed by atoms with Crippen molar-refractivity contribution in [3.8, 4) is 11.5 Å². The van der Waals surface area contributed by atoms with Crippen molar-refractivity contribution in [3.05, 3.63) is 48.5 Å². The first kappa shape index (κ1) is 21.1. The molecule has 6 rings (SSSR count). The van der Waals surface area contributed by atoms with Crippen molar-refractivity contribution >= 4 is 26.7 Å². The Hall–Kier alpha value is -2.51. The van der Waals surface area contributed by atoms with Crippen molar-refractivity contribution < 1.29 is 17.6 Å². The van der Waals surface area contributed by atoms with Gasteiger partial charge >= 0.3 is 0 Å². The molecular weight excluding hydrogens is 436 g/mol. The minimum atomic E-state index is -3.41. The summed E-state index contributed by atoms with van der Waals surface area (Å²) < 4.78 is 32.5. The van der Waals surface area contributed by atoms with E-state index in [4.69, 9.17) is 4.42 Å². The third-order valence-electron chi connectivity index (χ3n) is 7.91. The molecule has 33 heavy (non-hydrogen) atoms. The fourth-order valence-electron chi connectivity index (χ4n) is 5.75. The number of benzene rings is 2. The molecule has 7 heteroatoms. The highest BCUT2D eigenvalue weighted by molar-refractivity contribution is 7.92. The first-order chi connectivity index (χ1) is 15.9. The zero-order valence-electron chi connectivity index (χ0n) is 18.5. The maximum absolute atomic E-state index is 13.4. The van der Waals surface area contributed by atoms with E-state index in [1.54, 1.807) is 24.3 Å². The van der Waals surface area contributed by atoms with E-state index < -0.39 is 9.84 Å². The predicted octanol–water partition coefficient (Wildman–Crippen LogP) is 4.54. The molecule has 2 heterocycles. The number of hydrogen-bond acceptors (Lipinski definition) is 6. The summed E-state index contributed by atoms with van der Waals surface area (Å²) in [5.41, 5.74) is 2.18. The summed E-state index contributed by atoms with van der Waals surface area (Å²) in [6.07, 6.45) is 6.11. The molecule has 6 nitrogen and oxygen atoms in total. The van der Waals surface area contributed by atoms with E-state index in [9.17, 15) is 13.2 Å². The van der Waals surface area contributed by atoms with Crippen molar-refractivity contribution in [1.82, 2.24) is 10.3 Å². The number of sulfone groups is 1. The highest BCUT2D eigenvalue weighted by atomic mass is 32.2. The fourth-order valence-corrected chi connectivity index (χ4v) is 7.51. The smallest absolute Gasteiger partial charge is 0.227 e. The molecule has 0 radical (unpaired) electrons. The summed E-state index contributed by atoms with van der Waals surface area (Å²) in [7, 11) is -3.41. The van der Waals surface area contributed by atoms with E-state index in [-0.39, 0.29) is 16.7 Å². The van der Waals surface area contributed by atoms with E-state index >= 15 is 0 Å². The number of carbonyl (C=O) groups is 1. The van der Waals surface area contributed by atoms with Gasteiger partial charge in [0, 0.05) is 17.0 Å². The van der Waals surface area contributed by atoms with Crippen molar-refractivity contribution in [3.63, 3.8) is 0 Å². The molecule has 3 aromatic rings. The van der Waals surface area contributed by atoms with Crippen LogP contribution in [-0.4, -0.2) is 36.5 Å². The summed E-state index contributed by atoms with van der Waals surface area (Å²) in [5.74, 6) is 1.58. The number of ketones is 1.